The predicted octanol–water partition coefficient (Wildman–Crippen LogP) is 7.86. The number of carboxylic acids is 1. The van der Waals surface area contributed by atoms with E-state index in [2.05, 4.69) is 79.8 Å². The molecule has 3 unspecified atom stereocenters. The molecule has 0 bridgehead atoms. The molecule has 0 spiro atoms. The fraction of sp³-hybridized carbons (Fsp3) is 0.324. The van der Waals surface area contributed by atoms with Crippen LogP contribution in [0.25, 0.3) is 10.8 Å². The molecule has 1 fully saturated rings. The summed E-state index contributed by atoms with van der Waals surface area (Å²) < 4.78 is 6.86. The van der Waals surface area contributed by atoms with Crippen LogP contribution in [0, 0.1) is 5.92 Å². The van der Waals surface area contributed by atoms with Gasteiger partial charge in [-0.25, -0.2) is 4.79 Å². The minimum atomic E-state index is -0.873. The van der Waals surface area contributed by atoms with Gasteiger partial charge >= 0.3 is 5.97 Å². The van der Waals surface area contributed by atoms with Crippen LogP contribution >= 0.6 is 0 Å². The fourth-order valence-corrected chi connectivity index (χ4v) is 6.56. The Balaban J connectivity index is 1.39. The Morgan fingerprint density at radius 3 is 2.53 bits per heavy atom. The summed E-state index contributed by atoms with van der Waals surface area (Å²) >= 11 is 0. The van der Waals surface area contributed by atoms with Gasteiger partial charge < -0.3 is 15.2 Å². The normalized spacial score (nSPS) is 21.5. The molecule has 2 aliphatic rings. The highest BCUT2D eigenvalue weighted by atomic mass is 16.5. The lowest BCUT2D eigenvalue weighted by Gasteiger charge is -2.43. The average molecular weight is 506 g/mol. The first-order valence-corrected chi connectivity index (χ1v) is 13.8. The fourth-order valence-electron chi connectivity index (χ4n) is 6.56. The number of aromatic carboxylic acids is 1. The number of hydrogen-bond donors (Lipinski definition) is 2. The number of carboxylic acid groups (broad SMARTS) is 1. The summed E-state index contributed by atoms with van der Waals surface area (Å²) in [5.41, 5.74) is 4.60. The molecule has 4 heteroatoms. The standard InChI is InChI=1S/C34H35NO3/c1-3-34(25-18-19-25)20-30(28-14-6-7-15-29(28)33(36)37)32-24(12-9-17-31(32)38-34)21-35-22(2)26-16-8-11-23-10-4-5-13-27(23)26/h4-17,22,25,30,35H,3,18-21H2,1-2H3,(H,36,37). The third-order valence-electron chi connectivity index (χ3n) is 8.74. The number of nitrogens with one attached hydrogen (secondary N) is 1. The van der Waals surface area contributed by atoms with E-state index in [1.54, 1.807) is 6.07 Å². The van der Waals surface area contributed by atoms with Gasteiger partial charge in [-0.3, -0.25) is 0 Å². The Bertz CT molecular complexity index is 1490. The topological polar surface area (TPSA) is 58.6 Å². The van der Waals surface area contributed by atoms with Crippen LogP contribution in [0.5, 0.6) is 5.75 Å². The molecular formula is C34H35NO3. The van der Waals surface area contributed by atoms with E-state index in [9.17, 15) is 9.90 Å². The second-order valence-corrected chi connectivity index (χ2v) is 10.9. The van der Waals surface area contributed by atoms with Crippen molar-refractivity contribution >= 4 is 16.7 Å². The largest absolute Gasteiger partial charge is 0.487 e. The lowest BCUT2D eigenvalue weighted by atomic mass is 9.73. The molecule has 0 radical (unpaired) electrons. The summed E-state index contributed by atoms with van der Waals surface area (Å²) in [6, 6.07) is 29.0. The smallest absolute Gasteiger partial charge is 0.335 e. The lowest BCUT2D eigenvalue weighted by Crippen LogP contribution is -2.43. The van der Waals surface area contributed by atoms with Crippen molar-refractivity contribution in [3.05, 3.63) is 113 Å². The van der Waals surface area contributed by atoms with Crippen molar-refractivity contribution in [3.8, 4) is 5.75 Å². The lowest BCUT2D eigenvalue weighted by molar-refractivity contribution is 0.0138. The van der Waals surface area contributed by atoms with Crippen molar-refractivity contribution in [1.29, 1.82) is 0 Å². The average Bonchev–Trinajstić information content (AvgIpc) is 3.81. The number of fused-ring (bicyclic) bond motifs is 2. The highest BCUT2D eigenvalue weighted by Crippen LogP contribution is 2.55. The van der Waals surface area contributed by atoms with Crippen LogP contribution in [0.15, 0.2) is 84.9 Å². The molecule has 4 aromatic rings. The molecule has 1 aliphatic carbocycles. The van der Waals surface area contributed by atoms with Crippen molar-refractivity contribution in [2.75, 3.05) is 0 Å². The molecule has 6 rings (SSSR count). The van der Waals surface area contributed by atoms with Gasteiger partial charge in [-0.15, -0.1) is 0 Å². The molecule has 4 aromatic carbocycles. The van der Waals surface area contributed by atoms with Crippen LogP contribution in [-0.2, 0) is 6.54 Å². The second kappa shape index (κ2) is 9.92. The zero-order valence-corrected chi connectivity index (χ0v) is 22.1. The summed E-state index contributed by atoms with van der Waals surface area (Å²) in [6.45, 7) is 5.09. The molecule has 0 amide bonds. The number of carbonyl (C=O) groups is 1. The highest BCUT2D eigenvalue weighted by molar-refractivity contribution is 5.90. The van der Waals surface area contributed by atoms with E-state index in [-0.39, 0.29) is 17.6 Å². The Kier molecular flexibility index (Phi) is 6.45. The molecule has 0 aromatic heterocycles. The summed E-state index contributed by atoms with van der Waals surface area (Å²) in [5, 5.41) is 16.3. The minimum Gasteiger partial charge on any atom is -0.487 e. The molecule has 0 saturated heterocycles. The van der Waals surface area contributed by atoms with Crippen LogP contribution in [0.4, 0.5) is 0 Å². The van der Waals surface area contributed by atoms with Crippen LogP contribution < -0.4 is 10.1 Å². The van der Waals surface area contributed by atoms with Gasteiger partial charge in [0, 0.05) is 24.1 Å². The van der Waals surface area contributed by atoms with Crippen LogP contribution in [0.3, 0.4) is 0 Å². The van der Waals surface area contributed by atoms with E-state index in [0.29, 0.717) is 18.0 Å². The van der Waals surface area contributed by atoms with Gasteiger partial charge in [-0.2, -0.15) is 0 Å². The predicted molar refractivity (Wildman–Crippen MR) is 152 cm³/mol. The zero-order chi connectivity index (χ0) is 26.3. The van der Waals surface area contributed by atoms with Gasteiger partial charge in [0.2, 0.25) is 0 Å². The van der Waals surface area contributed by atoms with Gasteiger partial charge in [-0.05, 0) is 78.1 Å². The maximum absolute atomic E-state index is 12.3. The molecule has 194 valence electrons. The third-order valence-corrected chi connectivity index (χ3v) is 8.74. The Labute approximate surface area is 224 Å². The van der Waals surface area contributed by atoms with Crippen molar-refractivity contribution in [2.24, 2.45) is 5.92 Å². The number of hydrogen-bond acceptors (Lipinski definition) is 3. The van der Waals surface area contributed by atoms with E-state index in [0.717, 1.165) is 29.7 Å². The van der Waals surface area contributed by atoms with E-state index in [4.69, 9.17) is 4.74 Å². The summed E-state index contributed by atoms with van der Waals surface area (Å²) in [4.78, 5) is 12.3. The number of ether oxygens (including phenoxy) is 1. The first-order valence-electron chi connectivity index (χ1n) is 13.8. The first-order chi connectivity index (χ1) is 18.5. The Morgan fingerprint density at radius 2 is 1.74 bits per heavy atom. The Morgan fingerprint density at radius 1 is 1.00 bits per heavy atom. The molecular weight excluding hydrogens is 470 g/mol. The molecule has 1 heterocycles. The van der Waals surface area contributed by atoms with Gasteiger partial charge in [0.1, 0.15) is 11.4 Å². The maximum atomic E-state index is 12.3. The van der Waals surface area contributed by atoms with Crippen molar-refractivity contribution < 1.29 is 14.6 Å². The number of rotatable bonds is 8. The highest BCUT2D eigenvalue weighted by Gasteiger charge is 2.51. The first kappa shape index (κ1) is 24.7. The van der Waals surface area contributed by atoms with Crippen molar-refractivity contribution in [2.45, 2.75) is 63.6 Å². The van der Waals surface area contributed by atoms with E-state index in [1.807, 2.05) is 18.2 Å². The molecule has 3 atom stereocenters. The maximum Gasteiger partial charge on any atom is 0.335 e. The summed E-state index contributed by atoms with van der Waals surface area (Å²) in [6.07, 6.45) is 4.09. The van der Waals surface area contributed by atoms with Crippen molar-refractivity contribution in [3.63, 3.8) is 0 Å². The summed E-state index contributed by atoms with van der Waals surface area (Å²) in [7, 11) is 0. The third kappa shape index (κ3) is 4.37. The SMILES string of the molecule is CCC1(C2CC2)CC(c2ccccc2C(=O)O)c2c(CNC(C)c3cccc4ccccc34)cccc2O1. The quantitative estimate of drug-likeness (QED) is 0.256. The van der Waals surface area contributed by atoms with Crippen molar-refractivity contribution in [1.82, 2.24) is 5.32 Å². The van der Waals surface area contributed by atoms with E-state index < -0.39 is 5.97 Å². The van der Waals surface area contributed by atoms with Gasteiger partial charge in [0.05, 0.1) is 5.56 Å². The van der Waals surface area contributed by atoms with E-state index >= 15 is 0 Å². The molecule has 38 heavy (non-hydrogen) atoms. The Hall–Kier alpha value is -3.63. The number of benzene rings is 4. The van der Waals surface area contributed by atoms with Crippen LogP contribution in [0.2, 0.25) is 0 Å². The molecule has 4 nitrogen and oxygen atoms in total. The molecule has 2 N–H and O–H groups in total. The molecule has 1 saturated carbocycles. The van der Waals surface area contributed by atoms with Gasteiger partial charge in [0.25, 0.3) is 0 Å². The zero-order valence-electron chi connectivity index (χ0n) is 22.1. The van der Waals surface area contributed by atoms with Crippen LogP contribution in [0.1, 0.15) is 84.1 Å². The van der Waals surface area contributed by atoms with Gasteiger partial charge in [0.15, 0.2) is 0 Å². The second-order valence-electron chi connectivity index (χ2n) is 10.9. The van der Waals surface area contributed by atoms with Crippen LogP contribution in [-0.4, -0.2) is 16.7 Å². The monoisotopic (exact) mass is 505 g/mol. The summed E-state index contributed by atoms with van der Waals surface area (Å²) in [5.74, 6) is 0.542. The van der Waals surface area contributed by atoms with Gasteiger partial charge in [-0.1, -0.05) is 79.7 Å². The molecule has 1 aliphatic heterocycles. The van der Waals surface area contributed by atoms with E-state index in [1.165, 1.54) is 34.7 Å². The minimum absolute atomic E-state index is 0.0301.